The van der Waals surface area contributed by atoms with E-state index in [0.29, 0.717) is 17.4 Å². The summed E-state index contributed by atoms with van der Waals surface area (Å²) in [5.41, 5.74) is 1.32. The van der Waals surface area contributed by atoms with Gasteiger partial charge in [-0.2, -0.15) is 0 Å². The molecule has 2 saturated carbocycles. The van der Waals surface area contributed by atoms with Gasteiger partial charge < -0.3 is 10.2 Å². The van der Waals surface area contributed by atoms with Crippen molar-refractivity contribution in [2.24, 2.45) is 17.8 Å². The summed E-state index contributed by atoms with van der Waals surface area (Å²) in [6.07, 6.45) is 7.02. The molecular formula is C17H26N4O. The monoisotopic (exact) mass is 302 g/mol. The summed E-state index contributed by atoms with van der Waals surface area (Å²) in [5.74, 6) is 2.95. The maximum absolute atomic E-state index is 12.5. The van der Waals surface area contributed by atoms with Gasteiger partial charge in [-0.25, -0.2) is 9.97 Å². The van der Waals surface area contributed by atoms with Crippen LogP contribution in [0.25, 0.3) is 0 Å². The van der Waals surface area contributed by atoms with E-state index in [9.17, 15) is 4.79 Å². The Balaban J connectivity index is 1.66. The highest BCUT2D eigenvalue weighted by Gasteiger charge is 2.42. The SMILES string of the molecule is Cc1nc(N(C)C)ncc1C(=O)N[C@H](C)[C@@H]1C[C@H]2CC[C@H]1C2. The summed E-state index contributed by atoms with van der Waals surface area (Å²) in [6.45, 7) is 4.01. The number of aryl methyl sites for hydroxylation is 1. The lowest BCUT2D eigenvalue weighted by Crippen LogP contribution is -2.40. The van der Waals surface area contributed by atoms with E-state index in [2.05, 4.69) is 22.2 Å². The van der Waals surface area contributed by atoms with Crippen molar-refractivity contribution < 1.29 is 4.79 Å². The van der Waals surface area contributed by atoms with E-state index >= 15 is 0 Å². The number of nitrogens with one attached hydrogen (secondary N) is 1. The lowest BCUT2D eigenvalue weighted by molar-refractivity contribution is 0.0914. The maximum Gasteiger partial charge on any atom is 0.254 e. The molecule has 1 N–H and O–H groups in total. The summed E-state index contributed by atoms with van der Waals surface area (Å²) in [6, 6.07) is 0.232. The molecule has 4 atom stereocenters. The second-order valence-electron chi connectivity index (χ2n) is 7.16. The topological polar surface area (TPSA) is 58.1 Å². The summed E-state index contributed by atoms with van der Waals surface area (Å²) in [7, 11) is 3.79. The molecular weight excluding hydrogens is 276 g/mol. The molecule has 0 spiro atoms. The Hall–Kier alpha value is -1.65. The number of aromatic nitrogens is 2. The fourth-order valence-corrected chi connectivity index (χ4v) is 4.19. The van der Waals surface area contributed by atoms with Crippen LogP contribution in [0.2, 0.25) is 0 Å². The number of rotatable bonds is 4. The van der Waals surface area contributed by atoms with E-state index in [1.165, 1.54) is 25.7 Å². The van der Waals surface area contributed by atoms with E-state index in [0.717, 1.165) is 17.5 Å². The highest BCUT2D eigenvalue weighted by Crippen LogP contribution is 2.49. The van der Waals surface area contributed by atoms with Crippen molar-refractivity contribution in [2.75, 3.05) is 19.0 Å². The number of hydrogen-bond donors (Lipinski definition) is 1. The lowest BCUT2D eigenvalue weighted by atomic mass is 9.84. The minimum absolute atomic E-state index is 0.0434. The van der Waals surface area contributed by atoms with Gasteiger partial charge in [0.25, 0.3) is 5.91 Å². The van der Waals surface area contributed by atoms with Crippen LogP contribution < -0.4 is 10.2 Å². The normalized spacial score (nSPS) is 27.7. The van der Waals surface area contributed by atoms with Gasteiger partial charge in [0.15, 0.2) is 0 Å². The van der Waals surface area contributed by atoms with Crippen LogP contribution in [0.3, 0.4) is 0 Å². The molecule has 1 heterocycles. The summed E-state index contributed by atoms with van der Waals surface area (Å²) in [5, 5.41) is 3.18. The average Bonchev–Trinajstić information content (AvgIpc) is 3.09. The van der Waals surface area contributed by atoms with Crippen LogP contribution in [0, 0.1) is 24.7 Å². The maximum atomic E-state index is 12.5. The molecule has 0 unspecified atom stereocenters. The first-order chi connectivity index (χ1) is 10.5. The van der Waals surface area contributed by atoms with Crippen molar-refractivity contribution in [3.05, 3.63) is 17.5 Å². The minimum Gasteiger partial charge on any atom is -0.349 e. The van der Waals surface area contributed by atoms with Crippen LogP contribution in [-0.2, 0) is 0 Å². The smallest absolute Gasteiger partial charge is 0.254 e. The van der Waals surface area contributed by atoms with Gasteiger partial charge in [-0.3, -0.25) is 4.79 Å². The predicted molar refractivity (Wildman–Crippen MR) is 87.0 cm³/mol. The van der Waals surface area contributed by atoms with Crippen molar-refractivity contribution in [2.45, 2.75) is 45.6 Å². The van der Waals surface area contributed by atoms with Crippen molar-refractivity contribution in [3.8, 4) is 0 Å². The van der Waals surface area contributed by atoms with Gasteiger partial charge in [0.2, 0.25) is 5.95 Å². The second kappa shape index (κ2) is 5.86. The molecule has 5 heteroatoms. The Morgan fingerprint density at radius 3 is 2.68 bits per heavy atom. The minimum atomic E-state index is -0.0434. The molecule has 2 aliphatic carbocycles. The Labute approximate surface area is 132 Å². The van der Waals surface area contributed by atoms with E-state index in [1.807, 2.05) is 25.9 Å². The number of carbonyl (C=O) groups excluding carboxylic acids is 1. The number of anilines is 1. The van der Waals surface area contributed by atoms with Crippen molar-refractivity contribution in [1.29, 1.82) is 0 Å². The quantitative estimate of drug-likeness (QED) is 0.928. The summed E-state index contributed by atoms with van der Waals surface area (Å²) in [4.78, 5) is 23.0. The number of hydrogen-bond acceptors (Lipinski definition) is 4. The first-order valence-corrected chi connectivity index (χ1v) is 8.27. The second-order valence-corrected chi connectivity index (χ2v) is 7.16. The highest BCUT2D eigenvalue weighted by molar-refractivity contribution is 5.95. The Morgan fingerprint density at radius 2 is 2.14 bits per heavy atom. The zero-order valence-electron chi connectivity index (χ0n) is 14.0. The van der Waals surface area contributed by atoms with Gasteiger partial charge in [-0.05, 0) is 50.9 Å². The molecule has 2 bridgehead atoms. The molecule has 1 amide bonds. The highest BCUT2D eigenvalue weighted by atomic mass is 16.1. The molecule has 0 aliphatic heterocycles. The Bertz CT molecular complexity index is 572. The van der Waals surface area contributed by atoms with Crippen LogP contribution >= 0.6 is 0 Å². The van der Waals surface area contributed by atoms with Crippen LogP contribution in [0.1, 0.15) is 48.7 Å². The van der Waals surface area contributed by atoms with Gasteiger partial charge in [-0.15, -0.1) is 0 Å². The van der Waals surface area contributed by atoms with Gasteiger partial charge in [0.1, 0.15) is 0 Å². The standard InChI is InChI=1S/C17H26N4O/c1-10(14-8-12-5-6-13(14)7-12)19-16(22)15-9-18-17(21(3)4)20-11(15)2/h9-10,12-14H,5-8H2,1-4H3,(H,19,22)/t10-,12+,13+,14+/m1/s1. The average molecular weight is 302 g/mol. The molecule has 1 aromatic rings. The Kier molecular flexibility index (Phi) is 4.06. The van der Waals surface area contributed by atoms with Gasteiger partial charge in [-0.1, -0.05) is 6.42 Å². The molecule has 0 aromatic carbocycles. The van der Waals surface area contributed by atoms with E-state index in [1.54, 1.807) is 6.20 Å². The van der Waals surface area contributed by atoms with Crippen LogP contribution in [0.15, 0.2) is 6.20 Å². The molecule has 22 heavy (non-hydrogen) atoms. The van der Waals surface area contributed by atoms with Crippen molar-refractivity contribution in [1.82, 2.24) is 15.3 Å². The first-order valence-electron chi connectivity index (χ1n) is 8.27. The fraction of sp³-hybridized carbons (Fsp3) is 0.706. The van der Waals surface area contributed by atoms with E-state index in [-0.39, 0.29) is 11.9 Å². The fourth-order valence-electron chi connectivity index (χ4n) is 4.19. The van der Waals surface area contributed by atoms with Crippen LogP contribution in [-0.4, -0.2) is 36.0 Å². The van der Waals surface area contributed by atoms with Crippen LogP contribution in [0.5, 0.6) is 0 Å². The number of carbonyl (C=O) groups is 1. The third-order valence-electron chi connectivity index (χ3n) is 5.41. The van der Waals surface area contributed by atoms with Gasteiger partial charge in [0, 0.05) is 26.3 Å². The molecule has 0 radical (unpaired) electrons. The van der Waals surface area contributed by atoms with Crippen molar-refractivity contribution in [3.63, 3.8) is 0 Å². The largest absolute Gasteiger partial charge is 0.349 e. The Morgan fingerprint density at radius 1 is 1.36 bits per heavy atom. The number of fused-ring (bicyclic) bond motifs is 2. The van der Waals surface area contributed by atoms with Crippen molar-refractivity contribution >= 4 is 11.9 Å². The number of nitrogens with zero attached hydrogens (tertiary/aromatic N) is 3. The molecule has 3 rings (SSSR count). The lowest BCUT2D eigenvalue weighted by Gasteiger charge is -2.28. The molecule has 2 aliphatic rings. The molecule has 1 aromatic heterocycles. The molecule has 120 valence electrons. The summed E-state index contributed by atoms with van der Waals surface area (Å²) >= 11 is 0. The third-order valence-corrected chi connectivity index (χ3v) is 5.41. The molecule has 2 fully saturated rings. The first kappa shape index (κ1) is 15.3. The van der Waals surface area contributed by atoms with E-state index < -0.39 is 0 Å². The zero-order valence-corrected chi connectivity index (χ0v) is 14.0. The predicted octanol–water partition coefficient (Wildman–Crippen LogP) is 2.41. The van der Waals surface area contributed by atoms with Gasteiger partial charge in [0.05, 0.1) is 11.3 Å². The van der Waals surface area contributed by atoms with Gasteiger partial charge >= 0.3 is 0 Å². The van der Waals surface area contributed by atoms with Crippen LogP contribution in [0.4, 0.5) is 5.95 Å². The molecule has 0 saturated heterocycles. The number of amides is 1. The summed E-state index contributed by atoms with van der Waals surface area (Å²) < 4.78 is 0. The van der Waals surface area contributed by atoms with E-state index in [4.69, 9.17) is 0 Å². The zero-order chi connectivity index (χ0) is 15.9. The third kappa shape index (κ3) is 2.81. The molecule has 5 nitrogen and oxygen atoms in total.